The first-order chi connectivity index (χ1) is 8.76. The first-order valence-electron chi connectivity index (χ1n) is 5.98. The molecule has 2 rings (SSSR count). The Morgan fingerprint density at radius 2 is 2.22 bits per heavy atom. The van der Waals surface area contributed by atoms with Gasteiger partial charge in [-0.15, -0.1) is 0 Å². The van der Waals surface area contributed by atoms with Crippen molar-refractivity contribution in [2.75, 3.05) is 13.7 Å². The average Bonchev–Trinajstić information content (AvgIpc) is 2.75. The van der Waals surface area contributed by atoms with E-state index in [9.17, 15) is 4.79 Å². The van der Waals surface area contributed by atoms with Crippen LogP contribution >= 0.6 is 0 Å². The van der Waals surface area contributed by atoms with Crippen LogP contribution in [0.4, 0.5) is 0 Å². The van der Waals surface area contributed by atoms with Crippen LogP contribution in [0, 0.1) is 0 Å². The number of benzene rings is 1. The number of carbonyl (C=O) groups is 1. The number of esters is 1. The van der Waals surface area contributed by atoms with E-state index in [0.717, 1.165) is 23.4 Å². The summed E-state index contributed by atoms with van der Waals surface area (Å²) in [6, 6.07) is 8.02. The maximum absolute atomic E-state index is 11.0. The number of para-hydroxylation sites is 2. The summed E-state index contributed by atoms with van der Waals surface area (Å²) in [6.07, 6.45) is 0. The summed E-state index contributed by atoms with van der Waals surface area (Å²) < 4.78 is 6.71. The summed E-state index contributed by atoms with van der Waals surface area (Å²) in [5.41, 5.74) is 2.10. The molecule has 0 atom stereocenters. The minimum absolute atomic E-state index is 0.198. The van der Waals surface area contributed by atoms with Crippen molar-refractivity contribution in [1.29, 1.82) is 0 Å². The number of imidazole rings is 1. The Hall–Kier alpha value is -1.88. The van der Waals surface area contributed by atoms with Gasteiger partial charge in [0.1, 0.15) is 5.82 Å². The van der Waals surface area contributed by atoms with E-state index in [4.69, 9.17) is 0 Å². The number of aryl methyl sites for hydroxylation is 1. The quantitative estimate of drug-likeness (QED) is 0.810. The number of nitrogens with zero attached hydrogens (tertiary/aromatic N) is 2. The lowest BCUT2D eigenvalue weighted by molar-refractivity contribution is -0.139. The van der Waals surface area contributed by atoms with Crippen molar-refractivity contribution in [1.82, 2.24) is 14.9 Å². The van der Waals surface area contributed by atoms with E-state index in [-0.39, 0.29) is 12.5 Å². The van der Waals surface area contributed by atoms with Gasteiger partial charge >= 0.3 is 5.97 Å². The predicted octanol–water partition coefficient (Wildman–Crippen LogP) is 1.32. The third-order valence-corrected chi connectivity index (χ3v) is 2.83. The number of nitrogens with one attached hydrogen (secondary N) is 1. The summed E-state index contributed by atoms with van der Waals surface area (Å²) >= 11 is 0. The first kappa shape index (κ1) is 12.6. The van der Waals surface area contributed by atoms with Gasteiger partial charge in [0.15, 0.2) is 0 Å². The molecule has 0 amide bonds. The number of fused-ring (bicyclic) bond motifs is 1. The Labute approximate surface area is 106 Å². The Morgan fingerprint density at radius 1 is 1.44 bits per heavy atom. The van der Waals surface area contributed by atoms with E-state index < -0.39 is 0 Å². The van der Waals surface area contributed by atoms with Crippen molar-refractivity contribution in [2.24, 2.45) is 0 Å². The topological polar surface area (TPSA) is 56.2 Å². The largest absolute Gasteiger partial charge is 0.468 e. The zero-order chi connectivity index (χ0) is 13.0. The summed E-state index contributed by atoms with van der Waals surface area (Å²) in [7, 11) is 1.38. The second-order valence-electron chi connectivity index (χ2n) is 3.94. The Kier molecular flexibility index (Phi) is 3.94. The average molecular weight is 247 g/mol. The smallest absolute Gasteiger partial charge is 0.319 e. The van der Waals surface area contributed by atoms with Crippen molar-refractivity contribution in [3.8, 4) is 0 Å². The van der Waals surface area contributed by atoms with E-state index in [1.54, 1.807) is 0 Å². The van der Waals surface area contributed by atoms with Gasteiger partial charge < -0.3 is 9.30 Å². The van der Waals surface area contributed by atoms with Crippen LogP contribution < -0.4 is 5.32 Å². The maximum atomic E-state index is 11.0. The predicted molar refractivity (Wildman–Crippen MR) is 69.1 cm³/mol. The summed E-state index contributed by atoms with van der Waals surface area (Å²) in [6.45, 7) is 3.69. The highest BCUT2D eigenvalue weighted by molar-refractivity contribution is 5.76. The fraction of sp³-hybridized carbons (Fsp3) is 0.385. The Bertz CT molecular complexity index is 548. The minimum Gasteiger partial charge on any atom is -0.468 e. The van der Waals surface area contributed by atoms with Crippen LogP contribution in [0.5, 0.6) is 0 Å². The molecule has 96 valence electrons. The molecule has 0 saturated carbocycles. The third-order valence-electron chi connectivity index (χ3n) is 2.83. The number of hydrogen-bond acceptors (Lipinski definition) is 4. The van der Waals surface area contributed by atoms with Gasteiger partial charge in [-0.3, -0.25) is 10.1 Å². The van der Waals surface area contributed by atoms with Gasteiger partial charge in [0, 0.05) is 6.54 Å². The van der Waals surface area contributed by atoms with Gasteiger partial charge in [0.25, 0.3) is 0 Å². The van der Waals surface area contributed by atoms with Gasteiger partial charge in [-0.05, 0) is 19.1 Å². The second kappa shape index (κ2) is 5.64. The van der Waals surface area contributed by atoms with Gasteiger partial charge in [-0.1, -0.05) is 12.1 Å². The van der Waals surface area contributed by atoms with Gasteiger partial charge in [0.2, 0.25) is 0 Å². The lowest BCUT2D eigenvalue weighted by Gasteiger charge is -2.06. The van der Waals surface area contributed by atoms with Crippen LogP contribution in [-0.2, 0) is 22.6 Å². The first-order valence-corrected chi connectivity index (χ1v) is 5.98. The van der Waals surface area contributed by atoms with Gasteiger partial charge in [-0.25, -0.2) is 4.98 Å². The SMILES string of the molecule is CCn1c(CNCC(=O)OC)nc2ccccc21. The van der Waals surface area contributed by atoms with Gasteiger partial charge in [0.05, 0.1) is 31.2 Å². The fourth-order valence-electron chi connectivity index (χ4n) is 1.96. The molecule has 0 radical (unpaired) electrons. The van der Waals surface area contributed by atoms with Crippen molar-refractivity contribution >= 4 is 17.0 Å². The number of aromatic nitrogens is 2. The van der Waals surface area contributed by atoms with Gasteiger partial charge in [-0.2, -0.15) is 0 Å². The lowest BCUT2D eigenvalue weighted by atomic mass is 10.3. The molecule has 0 unspecified atom stereocenters. The molecular weight excluding hydrogens is 230 g/mol. The highest BCUT2D eigenvalue weighted by atomic mass is 16.5. The summed E-state index contributed by atoms with van der Waals surface area (Å²) in [4.78, 5) is 15.6. The Morgan fingerprint density at radius 3 is 2.94 bits per heavy atom. The molecule has 1 N–H and O–H groups in total. The number of rotatable bonds is 5. The number of carbonyl (C=O) groups excluding carboxylic acids is 1. The van der Waals surface area contributed by atoms with Crippen LogP contribution in [-0.4, -0.2) is 29.2 Å². The summed E-state index contributed by atoms with van der Waals surface area (Å²) in [5, 5.41) is 3.03. The molecule has 0 spiro atoms. The van der Waals surface area contributed by atoms with Crippen LogP contribution in [0.1, 0.15) is 12.7 Å². The van der Waals surface area contributed by atoms with E-state index in [2.05, 4.69) is 32.6 Å². The molecular formula is C13H17N3O2. The van der Waals surface area contributed by atoms with Crippen LogP contribution in [0.2, 0.25) is 0 Å². The minimum atomic E-state index is -0.269. The highest BCUT2D eigenvalue weighted by Gasteiger charge is 2.09. The normalized spacial score (nSPS) is 10.8. The zero-order valence-electron chi connectivity index (χ0n) is 10.6. The fourth-order valence-corrected chi connectivity index (χ4v) is 1.96. The lowest BCUT2D eigenvalue weighted by Crippen LogP contribution is -2.24. The van der Waals surface area contributed by atoms with Crippen molar-refractivity contribution in [3.63, 3.8) is 0 Å². The monoisotopic (exact) mass is 247 g/mol. The molecule has 18 heavy (non-hydrogen) atoms. The zero-order valence-corrected chi connectivity index (χ0v) is 10.6. The van der Waals surface area contributed by atoms with Crippen molar-refractivity contribution in [3.05, 3.63) is 30.1 Å². The van der Waals surface area contributed by atoms with Crippen LogP contribution in [0.25, 0.3) is 11.0 Å². The van der Waals surface area contributed by atoms with Crippen LogP contribution in [0.3, 0.4) is 0 Å². The molecule has 0 saturated heterocycles. The highest BCUT2D eigenvalue weighted by Crippen LogP contribution is 2.15. The van der Waals surface area contributed by atoms with E-state index in [1.807, 2.05) is 18.2 Å². The molecule has 1 aromatic heterocycles. The molecule has 0 bridgehead atoms. The maximum Gasteiger partial charge on any atom is 0.319 e. The molecule has 0 aliphatic carbocycles. The third kappa shape index (κ3) is 2.51. The molecule has 0 fully saturated rings. The molecule has 1 heterocycles. The van der Waals surface area contributed by atoms with E-state index in [0.29, 0.717) is 6.54 Å². The van der Waals surface area contributed by atoms with Crippen molar-refractivity contribution < 1.29 is 9.53 Å². The van der Waals surface area contributed by atoms with E-state index >= 15 is 0 Å². The Balaban J connectivity index is 2.15. The van der Waals surface area contributed by atoms with E-state index in [1.165, 1.54) is 7.11 Å². The second-order valence-corrected chi connectivity index (χ2v) is 3.94. The molecule has 0 aliphatic heterocycles. The molecule has 1 aromatic carbocycles. The molecule has 2 aromatic rings. The van der Waals surface area contributed by atoms with Crippen LogP contribution in [0.15, 0.2) is 24.3 Å². The number of methoxy groups -OCH3 is 1. The molecule has 5 heteroatoms. The molecule has 5 nitrogen and oxygen atoms in total. The van der Waals surface area contributed by atoms with Crippen molar-refractivity contribution in [2.45, 2.75) is 20.0 Å². The summed E-state index contributed by atoms with van der Waals surface area (Å²) in [5.74, 6) is 0.664. The number of ether oxygens (including phenoxy) is 1. The number of hydrogen-bond donors (Lipinski definition) is 1. The molecule has 0 aliphatic rings. The standard InChI is InChI=1S/C13H17N3O2/c1-3-16-11-7-5-4-6-10(11)15-12(16)8-14-9-13(17)18-2/h4-7,14H,3,8-9H2,1-2H3.